The number of rotatable bonds is 27. The first-order chi connectivity index (χ1) is 28.9. The molecule has 1 aliphatic rings. The van der Waals surface area contributed by atoms with Gasteiger partial charge < -0.3 is 51.4 Å². The summed E-state index contributed by atoms with van der Waals surface area (Å²) in [5.41, 5.74) is 7.57. The summed E-state index contributed by atoms with van der Waals surface area (Å²) in [6, 6.07) is 4.13. The van der Waals surface area contributed by atoms with Crippen molar-refractivity contribution in [3.8, 4) is 0 Å². The Labute approximate surface area is 358 Å². The molecule has 0 unspecified atom stereocenters. The van der Waals surface area contributed by atoms with Crippen LogP contribution in [0.1, 0.15) is 103 Å². The molecule has 1 aromatic carbocycles. The standard InChI is InChI=1S/C42H67N8O10P/c1-28(2)23-34(46-42(57)36-18-14-22-50(36)30(4)52)40(55)45-33(39(54)47-35(25-51)41(56)48-37(38(43)53)29(3)26-61(58,59)60)20-19-32-24-44-27-49(32)21-13-8-6-5-7-10-15-31-16-11-9-12-17-31/h9,11-12,16-17,24,27-29,33-37,51H,5-8,10,13-15,18-23,25-26H2,1-4H3,(H2,43,53)(H,45,55)(H,46,57)(H,47,54)(H,48,56)(H2,58,59,60)/t29-,33+,34+,35+,36+,37-/m1/s1. The van der Waals surface area contributed by atoms with Gasteiger partial charge in [0, 0.05) is 31.9 Å². The molecule has 2 heterocycles. The summed E-state index contributed by atoms with van der Waals surface area (Å²) >= 11 is 0. The van der Waals surface area contributed by atoms with Crippen molar-refractivity contribution in [1.29, 1.82) is 0 Å². The monoisotopic (exact) mass is 874 g/mol. The van der Waals surface area contributed by atoms with Gasteiger partial charge in [-0.1, -0.05) is 76.8 Å². The van der Waals surface area contributed by atoms with Gasteiger partial charge in [-0.3, -0.25) is 33.3 Å². The molecule has 18 nitrogen and oxygen atoms in total. The molecule has 0 radical (unpaired) electrons. The highest BCUT2D eigenvalue weighted by Gasteiger charge is 2.37. The summed E-state index contributed by atoms with van der Waals surface area (Å²) in [6.45, 7) is 6.60. The zero-order valence-corrected chi connectivity index (χ0v) is 36.9. The lowest BCUT2D eigenvalue weighted by atomic mass is 10.0. The van der Waals surface area contributed by atoms with Crippen molar-refractivity contribution in [2.24, 2.45) is 17.6 Å². The summed E-state index contributed by atoms with van der Waals surface area (Å²) in [5.74, 6) is -5.56. The largest absolute Gasteiger partial charge is 0.394 e. The molecule has 61 heavy (non-hydrogen) atoms. The molecule has 0 saturated carbocycles. The predicted octanol–water partition coefficient (Wildman–Crippen LogP) is 1.69. The second-order valence-corrected chi connectivity index (χ2v) is 18.2. The number of amides is 6. The van der Waals surface area contributed by atoms with E-state index in [4.69, 9.17) is 5.73 Å². The van der Waals surface area contributed by atoms with Gasteiger partial charge in [-0.25, -0.2) is 4.98 Å². The van der Waals surface area contributed by atoms with Crippen LogP contribution < -0.4 is 27.0 Å². The smallest absolute Gasteiger partial charge is 0.325 e. The number of primary amides is 1. The van der Waals surface area contributed by atoms with E-state index in [1.54, 1.807) is 12.5 Å². The average molecular weight is 875 g/mol. The third-order valence-corrected chi connectivity index (χ3v) is 11.9. The van der Waals surface area contributed by atoms with E-state index in [2.05, 4.69) is 50.5 Å². The molecule has 1 saturated heterocycles. The van der Waals surface area contributed by atoms with Crippen molar-refractivity contribution in [3.05, 3.63) is 54.1 Å². The van der Waals surface area contributed by atoms with Crippen molar-refractivity contribution in [1.82, 2.24) is 35.7 Å². The van der Waals surface area contributed by atoms with Crippen molar-refractivity contribution in [3.63, 3.8) is 0 Å². The van der Waals surface area contributed by atoms with Crippen LogP contribution in [0.25, 0.3) is 0 Å². The Bertz CT molecular complexity index is 1790. The Kier molecular flexibility index (Phi) is 21.1. The van der Waals surface area contributed by atoms with E-state index < -0.39 is 86.0 Å². The molecule has 9 N–H and O–H groups in total. The van der Waals surface area contributed by atoms with Crippen LogP contribution in [0.5, 0.6) is 0 Å². The number of hydrogen-bond acceptors (Lipinski definition) is 9. The number of carbonyl (C=O) groups excluding carboxylic acids is 6. The molecule has 6 amide bonds. The highest BCUT2D eigenvalue weighted by molar-refractivity contribution is 7.51. The Morgan fingerprint density at radius 3 is 2.10 bits per heavy atom. The minimum atomic E-state index is -4.60. The van der Waals surface area contributed by atoms with Crippen LogP contribution in [0.15, 0.2) is 42.9 Å². The van der Waals surface area contributed by atoms with Crippen LogP contribution in [0.2, 0.25) is 0 Å². The number of aryl methyl sites for hydroxylation is 3. The Morgan fingerprint density at radius 2 is 1.48 bits per heavy atom. The van der Waals surface area contributed by atoms with E-state index in [1.807, 2.05) is 24.5 Å². The molecule has 0 aliphatic carbocycles. The number of nitrogens with two attached hydrogens (primary N) is 1. The van der Waals surface area contributed by atoms with Gasteiger partial charge >= 0.3 is 7.60 Å². The normalized spacial score (nSPS) is 16.6. The van der Waals surface area contributed by atoms with E-state index in [0.717, 1.165) is 50.6 Å². The van der Waals surface area contributed by atoms with Crippen molar-refractivity contribution in [2.45, 2.75) is 141 Å². The predicted molar refractivity (Wildman–Crippen MR) is 228 cm³/mol. The summed E-state index contributed by atoms with van der Waals surface area (Å²) in [6.07, 6.45) is 11.7. The number of benzene rings is 1. The third-order valence-electron chi connectivity index (χ3n) is 10.9. The second kappa shape index (κ2) is 25.3. The highest BCUT2D eigenvalue weighted by atomic mass is 31.2. The summed E-state index contributed by atoms with van der Waals surface area (Å²) in [7, 11) is -4.60. The number of nitrogens with zero attached hydrogens (tertiary/aromatic N) is 3. The molecule has 6 atom stereocenters. The molecular formula is C42H67N8O10P. The van der Waals surface area contributed by atoms with Crippen LogP contribution in [0, 0.1) is 11.8 Å². The van der Waals surface area contributed by atoms with Gasteiger partial charge in [0.25, 0.3) is 0 Å². The molecule has 1 aromatic heterocycles. The highest BCUT2D eigenvalue weighted by Crippen LogP contribution is 2.37. The topological polar surface area (TPSA) is 275 Å². The number of imidazole rings is 1. The summed E-state index contributed by atoms with van der Waals surface area (Å²) < 4.78 is 13.6. The summed E-state index contributed by atoms with van der Waals surface area (Å²) in [4.78, 5) is 104. The maximum absolute atomic E-state index is 14.0. The first-order valence-electron chi connectivity index (χ1n) is 21.4. The van der Waals surface area contributed by atoms with Crippen LogP contribution in [0.3, 0.4) is 0 Å². The Morgan fingerprint density at radius 1 is 0.852 bits per heavy atom. The molecule has 19 heteroatoms. The van der Waals surface area contributed by atoms with Gasteiger partial charge in [0.2, 0.25) is 35.4 Å². The van der Waals surface area contributed by atoms with Gasteiger partial charge in [-0.2, -0.15) is 0 Å². The van der Waals surface area contributed by atoms with Crippen molar-refractivity contribution >= 4 is 43.0 Å². The molecule has 2 aromatic rings. The third kappa shape index (κ3) is 17.7. The average Bonchev–Trinajstić information content (AvgIpc) is 3.88. The molecule has 0 bridgehead atoms. The van der Waals surface area contributed by atoms with E-state index in [9.17, 15) is 48.2 Å². The van der Waals surface area contributed by atoms with Gasteiger partial charge in [0.1, 0.15) is 30.2 Å². The van der Waals surface area contributed by atoms with Crippen LogP contribution in [0.4, 0.5) is 0 Å². The van der Waals surface area contributed by atoms with Crippen LogP contribution >= 0.6 is 7.60 Å². The zero-order valence-electron chi connectivity index (χ0n) is 36.0. The quantitative estimate of drug-likeness (QED) is 0.0473. The molecule has 3 rings (SSSR count). The fourth-order valence-electron chi connectivity index (χ4n) is 7.64. The number of carbonyl (C=O) groups is 6. The first-order valence-corrected chi connectivity index (χ1v) is 23.2. The fourth-order valence-corrected chi connectivity index (χ4v) is 8.60. The maximum Gasteiger partial charge on any atom is 0.325 e. The summed E-state index contributed by atoms with van der Waals surface area (Å²) in [5, 5.41) is 20.4. The van der Waals surface area contributed by atoms with E-state index in [-0.39, 0.29) is 31.1 Å². The van der Waals surface area contributed by atoms with Gasteiger partial charge in [0.15, 0.2) is 0 Å². The lowest BCUT2D eigenvalue weighted by molar-refractivity contribution is -0.139. The maximum atomic E-state index is 14.0. The van der Waals surface area contributed by atoms with Crippen LogP contribution in [-0.2, 0) is 52.7 Å². The molecule has 340 valence electrons. The molecule has 1 aliphatic heterocycles. The Balaban J connectivity index is 1.72. The molecule has 0 spiro atoms. The molecular weight excluding hydrogens is 807 g/mol. The van der Waals surface area contributed by atoms with E-state index in [0.29, 0.717) is 25.9 Å². The van der Waals surface area contributed by atoms with Crippen molar-refractivity contribution in [2.75, 3.05) is 19.3 Å². The number of unbranched alkanes of at least 4 members (excludes halogenated alkanes) is 5. The number of aliphatic hydroxyl groups is 1. The fraction of sp³-hybridized carbons (Fsp3) is 0.643. The van der Waals surface area contributed by atoms with Crippen molar-refractivity contribution < 1.29 is 48.2 Å². The Hall–Kier alpha value is -4.64. The SMILES string of the molecule is CC(=O)N1CCC[C@H]1C(=O)N[C@@H](CC(C)C)C(=O)N[C@@H](CCc1cncn1CCCCCCCCc1ccccc1)C(=O)N[C@@H](CO)C(=O)N[C@@H](C(N)=O)[C@H](C)CP(=O)(O)O. The number of likely N-dealkylation sites (tertiary alicyclic amines) is 1. The van der Waals surface area contributed by atoms with E-state index >= 15 is 0 Å². The molecule has 1 fully saturated rings. The number of nitrogens with one attached hydrogen (secondary N) is 4. The number of aromatic nitrogens is 2. The first kappa shape index (κ1) is 50.7. The lowest BCUT2D eigenvalue weighted by Gasteiger charge is -2.28. The number of hydrogen-bond donors (Lipinski definition) is 8. The minimum absolute atomic E-state index is 0.0246. The van der Waals surface area contributed by atoms with Gasteiger partial charge in [-0.15, -0.1) is 0 Å². The zero-order chi connectivity index (χ0) is 45.1. The van der Waals surface area contributed by atoms with Gasteiger partial charge in [-0.05, 0) is 68.8 Å². The number of aliphatic hydroxyl groups excluding tert-OH is 1. The van der Waals surface area contributed by atoms with Crippen LogP contribution in [-0.4, -0.2) is 114 Å². The second-order valence-electron chi connectivity index (χ2n) is 16.6. The minimum Gasteiger partial charge on any atom is -0.394 e. The van der Waals surface area contributed by atoms with E-state index in [1.165, 1.54) is 24.3 Å². The lowest BCUT2D eigenvalue weighted by Crippen LogP contribution is -2.60. The van der Waals surface area contributed by atoms with Gasteiger partial charge in [0.05, 0.1) is 19.1 Å².